The molecule has 0 spiro atoms. The highest BCUT2D eigenvalue weighted by molar-refractivity contribution is 9.10. The van der Waals surface area contributed by atoms with E-state index in [9.17, 15) is 13.2 Å². The van der Waals surface area contributed by atoms with E-state index in [1.54, 1.807) is 6.07 Å². The van der Waals surface area contributed by atoms with Crippen molar-refractivity contribution in [1.82, 2.24) is 0 Å². The smallest absolute Gasteiger partial charge is 0.399 e. The lowest BCUT2D eigenvalue weighted by molar-refractivity contribution is -0.137. The predicted molar refractivity (Wildman–Crippen MR) is 79.9 cm³/mol. The Morgan fingerprint density at radius 2 is 1.71 bits per heavy atom. The fourth-order valence-corrected chi connectivity index (χ4v) is 3.00. The van der Waals surface area contributed by atoms with Crippen molar-refractivity contribution in [2.24, 2.45) is 0 Å². The molecular formula is C15H12BrF3N2. The first-order chi connectivity index (χ1) is 9.83. The molecule has 2 nitrogen and oxygen atoms in total. The summed E-state index contributed by atoms with van der Waals surface area (Å²) in [6, 6.07) is 9.57. The predicted octanol–water partition coefficient (Wildman–Crippen LogP) is 4.57. The SMILES string of the molecule is Nc1ccc2c(c1)CN(c1cc(Br)cc(C(F)(F)F)c1)C2. The molecule has 0 atom stereocenters. The van der Waals surface area contributed by atoms with E-state index in [1.165, 1.54) is 6.07 Å². The van der Waals surface area contributed by atoms with Crippen LogP contribution in [0.4, 0.5) is 24.5 Å². The molecule has 0 unspecified atom stereocenters. The number of anilines is 2. The lowest BCUT2D eigenvalue weighted by atomic mass is 10.1. The van der Waals surface area contributed by atoms with E-state index in [2.05, 4.69) is 15.9 Å². The van der Waals surface area contributed by atoms with Gasteiger partial charge in [0, 0.05) is 28.9 Å². The second-order valence-electron chi connectivity index (χ2n) is 5.08. The van der Waals surface area contributed by atoms with Gasteiger partial charge < -0.3 is 10.6 Å². The van der Waals surface area contributed by atoms with Gasteiger partial charge in [-0.1, -0.05) is 22.0 Å². The summed E-state index contributed by atoms with van der Waals surface area (Å²) >= 11 is 3.15. The molecule has 6 heteroatoms. The summed E-state index contributed by atoms with van der Waals surface area (Å²) in [5.41, 5.74) is 8.46. The highest BCUT2D eigenvalue weighted by Crippen LogP contribution is 2.37. The van der Waals surface area contributed by atoms with Crippen LogP contribution >= 0.6 is 15.9 Å². The Hall–Kier alpha value is -1.69. The molecule has 0 saturated heterocycles. The van der Waals surface area contributed by atoms with Crippen LogP contribution < -0.4 is 10.6 Å². The number of nitrogens with two attached hydrogens (primary N) is 1. The molecule has 0 bridgehead atoms. The molecule has 21 heavy (non-hydrogen) atoms. The molecule has 1 aliphatic heterocycles. The van der Waals surface area contributed by atoms with Crippen molar-refractivity contribution in [3.05, 3.63) is 57.6 Å². The zero-order valence-electron chi connectivity index (χ0n) is 10.9. The minimum Gasteiger partial charge on any atom is -0.399 e. The molecular weight excluding hydrogens is 345 g/mol. The monoisotopic (exact) mass is 356 g/mol. The molecule has 0 saturated carbocycles. The van der Waals surface area contributed by atoms with Crippen LogP contribution in [0.15, 0.2) is 40.9 Å². The van der Waals surface area contributed by atoms with Crippen LogP contribution in [0.2, 0.25) is 0 Å². The third kappa shape index (κ3) is 2.85. The van der Waals surface area contributed by atoms with Gasteiger partial charge in [0.15, 0.2) is 0 Å². The molecule has 2 aromatic carbocycles. The third-order valence-electron chi connectivity index (χ3n) is 3.53. The van der Waals surface area contributed by atoms with Crippen molar-refractivity contribution >= 4 is 27.3 Å². The van der Waals surface area contributed by atoms with Crippen LogP contribution in [0.3, 0.4) is 0 Å². The normalized spacial score (nSPS) is 14.4. The number of fused-ring (bicyclic) bond motifs is 1. The van der Waals surface area contributed by atoms with Gasteiger partial charge in [0.05, 0.1) is 5.56 Å². The molecule has 110 valence electrons. The number of nitrogen functional groups attached to an aromatic ring is 1. The van der Waals surface area contributed by atoms with Gasteiger partial charge in [0.1, 0.15) is 0 Å². The highest BCUT2D eigenvalue weighted by Gasteiger charge is 2.32. The van der Waals surface area contributed by atoms with Gasteiger partial charge in [-0.3, -0.25) is 0 Å². The summed E-state index contributed by atoms with van der Waals surface area (Å²) in [6.45, 7) is 1.15. The van der Waals surface area contributed by atoms with Gasteiger partial charge in [-0.2, -0.15) is 13.2 Å². The van der Waals surface area contributed by atoms with Gasteiger partial charge in [-0.25, -0.2) is 0 Å². The van der Waals surface area contributed by atoms with E-state index in [0.717, 1.165) is 17.2 Å². The van der Waals surface area contributed by atoms with Gasteiger partial charge in [0.25, 0.3) is 0 Å². The van der Waals surface area contributed by atoms with Crippen molar-refractivity contribution in [2.45, 2.75) is 19.3 Å². The topological polar surface area (TPSA) is 29.3 Å². The number of halogens is 4. The Labute approximate surface area is 128 Å². The van der Waals surface area contributed by atoms with Crippen LogP contribution in [0.25, 0.3) is 0 Å². The Balaban J connectivity index is 1.95. The highest BCUT2D eigenvalue weighted by atomic mass is 79.9. The summed E-state index contributed by atoms with van der Waals surface area (Å²) in [6.07, 6.45) is -4.35. The summed E-state index contributed by atoms with van der Waals surface area (Å²) in [7, 11) is 0. The van der Waals surface area contributed by atoms with Crippen LogP contribution in [0.5, 0.6) is 0 Å². The average Bonchev–Trinajstić information content (AvgIpc) is 2.80. The van der Waals surface area contributed by atoms with E-state index in [1.807, 2.05) is 23.1 Å². The largest absolute Gasteiger partial charge is 0.416 e. The van der Waals surface area contributed by atoms with Crippen LogP contribution in [0, 0.1) is 0 Å². The van der Waals surface area contributed by atoms with Crippen LogP contribution in [-0.4, -0.2) is 0 Å². The summed E-state index contributed by atoms with van der Waals surface area (Å²) in [5, 5.41) is 0. The number of alkyl halides is 3. The zero-order valence-corrected chi connectivity index (χ0v) is 12.5. The third-order valence-corrected chi connectivity index (χ3v) is 3.99. The number of benzene rings is 2. The minimum absolute atomic E-state index is 0.419. The standard InChI is InChI=1S/C15H12BrF3N2/c16-12-4-11(15(17,18)19)5-14(6-12)21-7-9-1-2-13(20)3-10(9)8-21/h1-6H,7-8,20H2. The second-order valence-corrected chi connectivity index (χ2v) is 6.00. The minimum atomic E-state index is -4.35. The molecule has 2 N–H and O–H groups in total. The molecule has 0 radical (unpaired) electrons. The van der Waals surface area contributed by atoms with Crippen LogP contribution in [-0.2, 0) is 19.3 Å². The molecule has 1 heterocycles. The number of hydrogen-bond acceptors (Lipinski definition) is 2. The Morgan fingerprint density at radius 3 is 2.43 bits per heavy atom. The average molecular weight is 357 g/mol. The maximum atomic E-state index is 12.9. The van der Waals surface area contributed by atoms with E-state index in [0.29, 0.717) is 28.9 Å². The quantitative estimate of drug-likeness (QED) is 0.758. The second kappa shape index (κ2) is 4.94. The Morgan fingerprint density at radius 1 is 1.00 bits per heavy atom. The van der Waals surface area contributed by atoms with Crippen molar-refractivity contribution in [3.8, 4) is 0 Å². The molecule has 3 rings (SSSR count). The fraction of sp³-hybridized carbons (Fsp3) is 0.200. The van der Waals surface area contributed by atoms with E-state index in [4.69, 9.17) is 5.73 Å². The maximum Gasteiger partial charge on any atom is 0.416 e. The maximum absolute atomic E-state index is 12.9. The summed E-state index contributed by atoms with van der Waals surface area (Å²) < 4.78 is 39.1. The van der Waals surface area contributed by atoms with Crippen molar-refractivity contribution in [3.63, 3.8) is 0 Å². The van der Waals surface area contributed by atoms with Gasteiger partial charge in [-0.15, -0.1) is 0 Å². The number of hydrogen-bond donors (Lipinski definition) is 1. The molecule has 0 amide bonds. The van der Waals surface area contributed by atoms with Crippen LogP contribution in [0.1, 0.15) is 16.7 Å². The van der Waals surface area contributed by atoms with Gasteiger partial charge >= 0.3 is 6.18 Å². The first-order valence-electron chi connectivity index (χ1n) is 6.33. The number of rotatable bonds is 1. The lowest BCUT2D eigenvalue weighted by Gasteiger charge is -2.20. The molecule has 2 aromatic rings. The molecule has 0 aromatic heterocycles. The molecule has 0 fully saturated rings. The number of nitrogens with zero attached hydrogens (tertiary/aromatic N) is 1. The van der Waals surface area contributed by atoms with Gasteiger partial charge in [0.2, 0.25) is 0 Å². The zero-order chi connectivity index (χ0) is 15.2. The van der Waals surface area contributed by atoms with Gasteiger partial charge in [-0.05, 0) is 41.5 Å². The van der Waals surface area contributed by atoms with Crippen molar-refractivity contribution in [2.75, 3.05) is 10.6 Å². The molecule has 0 aliphatic carbocycles. The van der Waals surface area contributed by atoms with Crippen molar-refractivity contribution < 1.29 is 13.2 Å². The summed E-state index contributed by atoms with van der Waals surface area (Å²) in [5.74, 6) is 0. The first-order valence-corrected chi connectivity index (χ1v) is 7.12. The fourth-order valence-electron chi connectivity index (χ4n) is 2.52. The lowest BCUT2D eigenvalue weighted by Crippen LogP contribution is -2.16. The molecule has 1 aliphatic rings. The Bertz CT molecular complexity index is 698. The van der Waals surface area contributed by atoms with E-state index >= 15 is 0 Å². The van der Waals surface area contributed by atoms with E-state index in [-0.39, 0.29) is 0 Å². The van der Waals surface area contributed by atoms with E-state index < -0.39 is 11.7 Å². The Kier molecular flexibility index (Phi) is 3.36. The first kappa shape index (κ1) is 14.3. The summed E-state index contributed by atoms with van der Waals surface area (Å²) in [4.78, 5) is 1.91. The van der Waals surface area contributed by atoms with Crippen molar-refractivity contribution in [1.29, 1.82) is 0 Å².